The first-order chi connectivity index (χ1) is 14.0. The summed E-state index contributed by atoms with van der Waals surface area (Å²) in [6.07, 6.45) is 0.0594. The third-order valence-corrected chi connectivity index (χ3v) is 5.45. The van der Waals surface area contributed by atoms with Gasteiger partial charge in [-0.3, -0.25) is 14.5 Å². The molecule has 7 nitrogen and oxygen atoms in total. The number of thioether (sulfide) groups is 1. The Morgan fingerprint density at radius 3 is 2.72 bits per heavy atom. The van der Waals surface area contributed by atoms with Gasteiger partial charge in [0.25, 0.3) is 0 Å². The fourth-order valence-electron chi connectivity index (χ4n) is 2.80. The van der Waals surface area contributed by atoms with Gasteiger partial charge in [-0.2, -0.15) is 0 Å². The van der Waals surface area contributed by atoms with E-state index in [-0.39, 0.29) is 18.2 Å². The third-order valence-electron chi connectivity index (χ3n) is 4.22. The number of rotatable bonds is 7. The number of ether oxygens (including phenoxy) is 2. The number of benzene rings is 2. The zero-order valence-corrected chi connectivity index (χ0v) is 17.4. The first kappa shape index (κ1) is 20.7. The second-order valence-electron chi connectivity index (χ2n) is 6.31. The molecule has 2 aromatic rings. The molecule has 2 aromatic carbocycles. The molecule has 1 aliphatic rings. The van der Waals surface area contributed by atoms with Gasteiger partial charge in [-0.1, -0.05) is 23.9 Å². The minimum Gasteiger partial charge on any atom is -0.497 e. The van der Waals surface area contributed by atoms with E-state index in [0.29, 0.717) is 34.6 Å². The summed E-state index contributed by atoms with van der Waals surface area (Å²) in [6, 6.07) is 14.5. The lowest BCUT2D eigenvalue weighted by molar-refractivity contribution is -0.127. The number of hydrogen-bond donors (Lipinski definition) is 1. The predicted octanol–water partition coefficient (Wildman–Crippen LogP) is 3.68. The van der Waals surface area contributed by atoms with Crippen molar-refractivity contribution in [3.8, 4) is 11.5 Å². The molecule has 1 atom stereocenters. The van der Waals surface area contributed by atoms with E-state index < -0.39 is 5.25 Å². The highest BCUT2D eigenvalue weighted by Crippen LogP contribution is 2.31. The second kappa shape index (κ2) is 9.47. The van der Waals surface area contributed by atoms with Crippen LogP contribution >= 0.6 is 11.8 Å². The van der Waals surface area contributed by atoms with E-state index in [2.05, 4.69) is 10.3 Å². The Morgan fingerprint density at radius 2 is 1.97 bits per heavy atom. The standard InChI is InChI=1S/C21H23N3O4S/c1-4-28-17-10-6-7-14(12-17)22-19(25)13-18-20(26)24(2)21(29-18)23-15-8-5-9-16(11-15)27-3/h5-12,18H,4,13H2,1-3H3,(H,22,25). The maximum atomic E-state index is 12.6. The van der Waals surface area contributed by atoms with Crippen LogP contribution in [0, 0.1) is 0 Å². The SMILES string of the molecule is CCOc1cccc(NC(=O)CC2SC(=Nc3cccc(OC)c3)N(C)C2=O)c1. The van der Waals surface area contributed by atoms with E-state index in [4.69, 9.17) is 9.47 Å². The lowest BCUT2D eigenvalue weighted by atomic mass is 10.2. The molecule has 1 N–H and O–H groups in total. The lowest BCUT2D eigenvalue weighted by Gasteiger charge is -2.10. The summed E-state index contributed by atoms with van der Waals surface area (Å²) >= 11 is 1.29. The van der Waals surface area contributed by atoms with Crippen LogP contribution in [0.25, 0.3) is 0 Å². The zero-order valence-electron chi connectivity index (χ0n) is 16.5. The van der Waals surface area contributed by atoms with Gasteiger partial charge in [-0.05, 0) is 31.2 Å². The number of carbonyl (C=O) groups is 2. The number of nitrogens with one attached hydrogen (secondary N) is 1. The molecule has 0 spiro atoms. The highest BCUT2D eigenvalue weighted by molar-refractivity contribution is 8.15. The molecule has 1 heterocycles. The normalized spacial score (nSPS) is 17.5. The number of anilines is 1. The Morgan fingerprint density at radius 1 is 1.21 bits per heavy atom. The maximum Gasteiger partial charge on any atom is 0.242 e. The molecule has 0 saturated carbocycles. The number of amidine groups is 1. The summed E-state index contributed by atoms with van der Waals surface area (Å²) in [5.74, 6) is 0.994. The summed E-state index contributed by atoms with van der Waals surface area (Å²) in [5, 5.41) is 2.86. The molecule has 3 rings (SSSR count). The Bertz CT molecular complexity index is 932. The van der Waals surface area contributed by atoms with E-state index in [1.807, 2.05) is 37.3 Å². The summed E-state index contributed by atoms with van der Waals surface area (Å²) in [6.45, 7) is 2.45. The van der Waals surface area contributed by atoms with E-state index in [0.717, 1.165) is 0 Å². The summed E-state index contributed by atoms with van der Waals surface area (Å²) in [7, 11) is 3.25. The number of carbonyl (C=O) groups excluding carboxylic acids is 2. The van der Waals surface area contributed by atoms with Crippen LogP contribution in [0.2, 0.25) is 0 Å². The minimum absolute atomic E-state index is 0.0594. The molecule has 0 aliphatic carbocycles. The maximum absolute atomic E-state index is 12.6. The number of methoxy groups -OCH3 is 1. The predicted molar refractivity (Wildman–Crippen MR) is 115 cm³/mol. The molecule has 29 heavy (non-hydrogen) atoms. The van der Waals surface area contributed by atoms with E-state index in [1.165, 1.54) is 16.7 Å². The molecule has 1 saturated heterocycles. The Hall–Kier alpha value is -3.00. The van der Waals surface area contributed by atoms with Crippen molar-refractivity contribution in [2.75, 3.05) is 26.1 Å². The van der Waals surface area contributed by atoms with Crippen molar-refractivity contribution in [1.29, 1.82) is 0 Å². The molecular weight excluding hydrogens is 390 g/mol. The van der Waals surface area contributed by atoms with Gasteiger partial charge in [0.05, 0.1) is 19.4 Å². The van der Waals surface area contributed by atoms with Crippen LogP contribution in [-0.2, 0) is 9.59 Å². The lowest BCUT2D eigenvalue weighted by Crippen LogP contribution is -2.30. The van der Waals surface area contributed by atoms with Gasteiger partial charge in [-0.15, -0.1) is 0 Å². The van der Waals surface area contributed by atoms with Gasteiger partial charge in [-0.25, -0.2) is 4.99 Å². The van der Waals surface area contributed by atoms with Gasteiger partial charge in [0.1, 0.15) is 16.7 Å². The van der Waals surface area contributed by atoms with Crippen molar-refractivity contribution in [3.63, 3.8) is 0 Å². The topological polar surface area (TPSA) is 80.2 Å². The monoisotopic (exact) mass is 413 g/mol. The van der Waals surface area contributed by atoms with Crippen molar-refractivity contribution in [1.82, 2.24) is 4.90 Å². The van der Waals surface area contributed by atoms with Gasteiger partial charge in [0, 0.05) is 31.3 Å². The number of nitrogens with zero attached hydrogens (tertiary/aromatic N) is 2. The van der Waals surface area contributed by atoms with Gasteiger partial charge < -0.3 is 14.8 Å². The second-order valence-corrected chi connectivity index (χ2v) is 7.48. The van der Waals surface area contributed by atoms with E-state index in [9.17, 15) is 9.59 Å². The fraction of sp³-hybridized carbons (Fsp3) is 0.286. The average molecular weight is 413 g/mol. The Balaban J connectivity index is 1.65. The molecule has 0 bridgehead atoms. The number of amides is 2. The Labute approximate surface area is 174 Å². The molecule has 1 fully saturated rings. The first-order valence-corrected chi connectivity index (χ1v) is 10.1. The molecule has 152 valence electrons. The van der Waals surface area contributed by atoms with Gasteiger partial charge >= 0.3 is 0 Å². The van der Waals surface area contributed by atoms with Gasteiger partial charge in [0.2, 0.25) is 11.8 Å². The van der Waals surface area contributed by atoms with Crippen molar-refractivity contribution < 1.29 is 19.1 Å². The molecular formula is C21H23N3O4S. The molecule has 8 heteroatoms. The van der Waals surface area contributed by atoms with Crippen molar-refractivity contribution in [3.05, 3.63) is 48.5 Å². The first-order valence-electron chi connectivity index (χ1n) is 9.20. The van der Waals surface area contributed by atoms with Gasteiger partial charge in [0.15, 0.2) is 5.17 Å². The molecule has 0 aromatic heterocycles. The van der Waals surface area contributed by atoms with Crippen molar-refractivity contribution >= 4 is 40.1 Å². The number of aliphatic imine (C=N–C) groups is 1. The van der Waals surface area contributed by atoms with Crippen LogP contribution in [-0.4, -0.2) is 47.9 Å². The molecule has 0 radical (unpaired) electrons. The molecule has 1 unspecified atom stereocenters. The molecule has 1 aliphatic heterocycles. The van der Waals surface area contributed by atoms with E-state index in [1.54, 1.807) is 32.4 Å². The summed E-state index contributed by atoms with van der Waals surface area (Å²) < 4.78 is 10.6. The molecule has 2 amide bonds. The van der Waals surface area contributed by atoms with Crippen LogP contribution in [0.3, 0.4) is 0 Å². The quantitative estimate of drug-likeness (QED) is 0.749. The van der Waals surface area contributed by atoms with E-state index >= 15 is 0 Å². The minimum atomic E-state index is -0.514. The van der Waals surface area contributed by atoms with Crippen LogP contribution in [0.5, 0.6) is 11.5 Å². The van der Waals surface area contributed by atoms with Crippen LogP contribution < -0.4 is 14.8 Å². The van der Waals surface area contributed by atoms with Crippen molar-refractivity contribution in [2.24, 2.45) is 4.99 Å². The smallest absolute Gasteiger partial charge is 0.242 e. The average Bonchev–Trinajstić information content (AvgIpc) is 2.96. The highest BCUT2D eigenvalue weighted by Gasteiger charge is 2.37. The summed E-state index contributed by atoms with van der Waals surface area (Å²) in [5.41, 5.74) is 1.32. The fourth-order valence-corrected chi connectivity index (χ4v) is 3.95. The number of hydrogen-bond acceptors (Lipinski definition) is 6. The largest absolute Gasteiger partial charge is 0.497 e. The van der Waals surface area contributed by atoms with Crippen LogP contribution in [0.4, 0.5) is 11.4 Å². The third kappa shape index (κ3) is 5.29. The highest BCUT2D eigenvalue weighted by atomic mass is 32.2. The van der Waals surface area contributed by atoms with Crippen LogP contribution in [0.15, 0.2) is 53.5 Å². The van der Waals surface area contributed by atoms with Crippen molar-refractivity contribution in [2.45, 2.75) is 18.6 Å². The van der Waals surface area contributed by atoms with Crippen LogP contribution in [0.1, 0.15) is 13.3 Å². The zero-order chi connectivity index (χ0) is 20.8. The Kier molecular flexibility index (Phi) is 6.77. The summed E-state index contributed by atoms with van der Waals surface area (Å²) in [4.78, 5) is 31.0.